The van der Waals surface area contributed by atoms with E-state index < -0.39 is 23.8 Å². The minimum absolute atomic E-state index is 0.0122. The van der Waals surface area contributed by atoms with Crippen molar-refractivity contribution in [3.05, 3.63) is 87.1 Å². The molecule has 0 N–H and O–H groups in total. The van der Waals surface area contributed by atoms with E-state index in [1.165, 1.54) is 13.2 Å². The van der Waals surface area contributed by atoms with Gasteiger partial charge >= 0.3 is 12.1 Å². The Morgan fingerprint density at radius 2 is 1.90 bits per heavy atom. The fourth-order valence-electron chi connectivity index (χ4n) is 2.53. The Morgan fingerprint density at radius 3 is 2.48 bits per heavy atom. The van der Waals surface area contributed by atoms with Gasteiger partial charge in [-0.05, 0) is 30.7 Å². The summed E-state index contributed by atoms with van der Waals surface area (Å²) < 4.78 is 9.85. The van der Waals surface area contributed by atoms with E-state index in [0.29, 0.717) is 23.5 Å². The van der Waals surface area contributed by atoms with Crippen molar-refractivity contribution in [1.29, 1.82) is 0 Å². The highest BCUT2D eigenvalue weighted by Gasteiger charge is 2.24. The van der Waals surface area contributed by atoms with Crippen LogP contribution in [0.4, 0.5) is 4.79 Å². The van der Waals surface area contributed by atoms with Crippen molar-refractivity contribution in [2.24, 2.45) is 0 Å². The first-order chi connectivity index (χ1) is 14.8. The van der Waals surface area contributed by atoms with Gasteiger partial charge in [0.1, 0.15) is 5.15 Å². The lowest BCUT2D eigenvalue weighted by Crippen LogP contribution is -2.38. The third kappa shape index (κ3) is 7.27. The van der Waals surface area contributed by atoms with Crippen molar-refractivity contribution in [3.63, 3.8) is 0 Å². The van der Waals surface area contributed by atoms with Gasteiger partial charge in [0, 0.05) is 26.3 Å². The lowest BCUT2D eigenvalue weighted by Gasteiger charge is -2.29. The zero-order valence-corrected chi connectivity index (χ0v) is 17.7. The highest BCUT2D eigenvalue weighted by Crippen LogP contribution is 2.16. The molecule has 2 rings (SSSR count). The number of aromatic nitrogens is 1. The van der Waals surface area contributed by atoms with Crippen molar-refractivity contribution in [2.75, 3.05) is 20.4 Å². The molecule has 2 aromatic rings. The summed E-state index contributed by atoms with van der Waals surface area (Å²) in [5.74, 6) is -0.677. The maximum atomic E-state index is 12.4. The number of ether oxygens (including phenoxy) is 2. The molecule has 164 valence electrons. The van der Waals surface area contributed by atoms with Crippen LogP contribution >= 0.6 is 11.6 Å². The van der Waals surface area contributed by atoms with Gasteiger partial charge < -0.3 is 14.4 Å². The van der Waals surface area contributed by atoms with Crippen LogP contribution in [0.2, 0.25) is 5.15 Å². The number of hydrogen-bond acceptors (Lipinski definition) is 8. The molecule has 1 heterocycles. The Kier molecular flexibility index (Phi) is 8.77. The van der Waals surface area contributed by atoms with E-state index >= 15 is 0 Å². The summed E-state index contributed by atoms with van der Waals surface area (Å²) in [5, 5.41) is 11.5. The highest BCUT2D eigenvalue weighted by atomic mass is 35.5. The van der Waals surface area contributed by atoms with Gasteiger partial charge in [0.05, 0.1) is 10.5 Å². The largest absolute Gasteiger partial charge is 0.424 e. The number of halogens is 1. The number of nitrogens with zero attached hydrogens (tertiary/aromatic N) is 4. The van der Waals surface area contributed by atoms with Crippen molar-refractivity contribution in [3.8, 4) is 0 Å². The molecule has 0 aliphatic rings. The number of carbonyl (C=O) groups excluding carboxylic acids is 2. The summed E-state index contributed by atoms with van der Waals surface area (Å²) in [6, 6.07) is 11.5. The molecule has 1 aromatic carbocycles. The smallest absolute Gasteiger partial charge is 0.418 e. The van der Waals surface area contributed by atoms with Crippen LogP contribution in [0.3, 0.4) is 0 Å². The summed E-state index contributed by atoms with van der Waals surface area (Å²) >= 11 is 5.78. The molecule has 1 aromatic heterocycles. The van der Waals surface area contributed by atoms with Gasteiger partial charge in [-0.25, -0.2) is 14.6 Å². The van der Waals surface area contributed by atoms with E-state index in [4.69, 9.17) is 21.1 Å². The molecule has 1 amide bonds. The number of rotatable bonds is 9. The molecule has 31 heavy (non-hydrogen) atoms. The van der Waals surface area contributed by atoms with E-state index in [0.717, 1.165) is 10.5 Å². The van der Waals surface area contributed by atoms with Gasteiger partial charge in [-0.3, -0.25) is 15.0 Å². The molecule has 0 bridgehead atoms. The molecular formula is C20H21ClN4O6. The van der Waals surface area contributed by atoms with E-state index in [2.05, 4.69) is 4.98 Å². The quantitative estimate of drug-likeness (QED) is 0.188. The van der Waals surface area contributed by atoms with Crippen molar-refractivity contribution in [2.45, 2.75) is 13.5 Å². The molecule has 0 aliphatic carbocycles. The van der Waals surface area contributed by atoms with Crippen LogP contribution in [0.1, 0.15) is 22.8 Å². The van der Waals surface area contributed by atoms with Crippen LogP contribution in [-0.2, 0) is 16.0 Å². The van der Waals surface area contributed by atoms with E-state index in [9.17, 15) is 19.7 Å². The van der Waals surface area contributed by atoms with E-state index in [-0.39, 0.29) is 12.4 Å². The molecule has 0 spiro atoms. The number of esters is 1. The summed E-state index contributed by atoms with van der Waals surface area (Å²) in [4.78, 5) is 41.3. The summed E-state index contributed by atoms with van der Waals surface area (Å²) in [6.07, 6.45) is 1.31. The summed E-state index contributed by atoms with van der Waals surface area (Å²) in [5.41, 5.74) is 1.04. The number of hydrogen-bond donors (Lipinski definition) is 0. The molecule has 0 saturated carbocycles. The summed E-state index contributed by atoms with van der Waals surface area (Å²) in [6.45, 7) is 1.72. The Bertz CT molecular complexity index is 936. The van der Waals surface area contributed by atoms with Crippen LogP contribution in [0.15, 0.2) is 60.7 Å². The number of amides is 1. The molecule has 0 unspecified atom stereocenters. The average Bonchev–Trinajstić information content (AvgIpc) is 2.77. The fraction of sp³-hybridized carbons (Fsp3) is 0.250. The fourth-order valence-corrected chi connectivity index (χ4v) is 2.64. The average molecular weight is 449 g/mol. The molecule has 0 atom stereocenters. The number of benzene rings is 1. The standard InChI is InChI=1S/C20H21ClN4O6/c1-3-24(12-15-9-10-17(21)22-11-15)18(13-25(28)29)23(2)20(27)31-14-30-19(26)16-7-5-4-6-8-16/h4-11,13H,3,12,14H2,1-2H3. The zero-order chi connectivity index (χ0) is 22.8. The third-order valence-electron chi connectivity index (χ3n) is 4.09. The molecular weight excluding hydrogens is 428 g/mol. The van der Waals surface area contributed by atoms with Crippen LogP contribution < -0.4 is 0 Å². The van der Waals surface area contributed by atoms with Crippen LogP contribution in [0, 0.1) is 10.1 Å². The normalized spacial score (nSPS) is 10.9. The van der Waals surface area contributed by atoms with Crippen molar-refractivity contribution < 1.29 is 24.0 Å². The second-order valence-corrected chi connectivity index (χ2v) is 6.55. The zero-order valence-electron chi connectivity index (χ0n) is 16.9. The van der Waals surface area contributed by atoms with Gasteiger partial charge in [0.15, 0.2) is 5.82 Å². The molecule has 10 nitrogen and oxygen atoms in total. The second-order valence-electron chi connectivity index (χ2n) is 6.16. The van der Waals surface area contributed by atoms with Gasteiger partial charge in [-0.1, -0.05) is 35.9 Å². The minimum Gasteiger partial charge on any atom is -0.424 e. The van der Waals surface area contributed by atoms with Gasteiger partial charge in [-0.2, -0.15) is 0 Å². The molecule has 11 heteroatoms. The number of carbonyl (C=O) groups is 2. The first kappa shape index (κ1) is 23.6. The van der Waals surface area contributed by atoms with Crippen LogP contribution in [-0.4, -0.2) is 52.2 Å². The van der Waals surface area contributed by atoms with Crippen molar-refractivity contribution >= 4 is 23.7 Å². The molecule has 0 fully saturated rings. The Labute approximate surface area is 183 Å². The monoisotopic (exact) mass is 448 g/mol. The predicted molar refractivity (Wildman–Crippen MR) is 111 cm³/mol. The predicted octanol–water partition coefficient (Wildman–Crippen LogP) is 3.52. The Morgan fingerprint density at radius 1 is 1.19 bits per heavy atom. The Hall–Kier alpha value is -3.66. The van der Waals surface area contributed by atoms with Gasteiger partial charge in [-0.15, -0.1) is 0 Å². The number of pyridine rings is 1. The van der Waals surface area contributed by atoms with Crippen molar-refractivity contribution in [1.82, 2.24) is 14.8 Å². The van der Waals surface area contributed by atoms with E-state index in [1.807, 2.05) is 0 Å². The first-order valence-electron chi connectivity index (χ1n) is 9.15. The minimum atomic E-state index is -0.929. The lowest BCUT2D eigenvalue weighted by atomic mass is 10.2. The maximum Gasteiger partial charge on any atom is 0.418 e. The van der Waals surface area contributed by atoms with Gasteiger partial charge in [0.25, 0.3) is 6.20 Å². The Balaban J connectivity index is 2.04. The second kappa shape index (κ2) is 11.5. The van der Waals surface area contributed by atoms with Gasteiger partial charge in [0.2, 0.25) is 6.79 Å². The first-order valence-corrected chi connectivity index (χ1v) is 9.53. The molecule has 0 saturated heterocycles. The molecule has 0 aliphatic heterocycles. The lowest BCUT2D eigenvalue weighted by molar-refractivity contribution is -0.405. The van der Waals surface area contributed by atoms with Crippen LogP contribution in [0.25, 0.3) is 0 Å². The van der Waals surface area contributed by atoms with Crippen LogP contribution in [0.5, 0.6) is 0 Å². The maximum absolute atomic E-state index is 12.4. The number of nitro groups is 1. The summed E-state index contributed by atoms with van der Waals surface area (Å²) in [7, 11) is 1.32. The highest BCUT2D eigenvalue weighted by molar-refractivity contribution is 6.29. The van der Waals surface area contributed by atoms with E-state index in [1.54, 1.807) is 54.3 Å². The third-order valence-corrected chi connectivity index (χ3v) is 4.31. The molecule has 0 radical (unpaired) electrons. The topological polar surface area (TPSA) is 115 Å². The SMILES string of the molecule is CCN(Cc1ccc(Cl)nc1)C(=C[N+](=O)[O-])N(C)C(=O)OCOC(=O)c1ccccc1.